The molecule has 9 heteroatoms. The fraction of sp³-hybridized carbons (Fsp3) is 0.391. The Morgan fingerprint density at radius 2 is 1.78 bits per heavy atom. The van der Waals surface area contributed by atoms with E-state index < -0.39 is 10.0 Å². The molecule has 0 aliphatic carbocycles. The van der Waals surface area contributed by atoms with Crippen LogP contribution in [0.2, 0.25) is 0 Å². The average Bonchev–Trinajstić information content (AvgIpc) is 3.30. The number of hydrogen-bond donors (Lipinski definition) is 0. The first-order valence-electron chi connectivity index (χ1n) is 10.7. The summed E-state index contributed by atoms with van der Waals surface area (Å²) in [4.78, 5) is 6.86. The van der Waals surface area contributed by atoms with E-state index in [0.29, 0.717) is 43.3 Å². The first-order chi connectivity index (χ1) is 15.4. The summed E-state index contributed by atoms with van der Waals surface area (Å²) in [5.41, 5.74) is 1.69. The molecule has 3 aromatic rings. The van der Waals surface area contributed by atoms with Gasteiger partial charge < -0.3 is 9.26 Å². The monoisotopic (exact) mass is 456 g/mol. The van der Waals surface area contributed by atoms with E-state index >= 15 is 0 Å². The minimum absolute atomic E-state index is 0.0950. The summed E-state index contributed by atoms with van der Waals surface area (Å²) in [6.07, 6.45) is 0. The number of rotatable bonds is 7. The topological polar surface area (TPSA) is 88.8 Å². The third-order valence-electron chi connectivity index (χ3n) is 5.58. The van der Waals surface area contributed by atoms with Crippen LogP contribution in [0.15, 0.2) is 57.9 Å². The average molecular weight is 457 g/mol. The van der Waals surface area contributed by atoms with Gasteiger partial charge >= 0.3 is 0 Å². The molecule has 0 radical (unpaired) electrons. The fourth-order valence-corrected chi connectivity index (χ4v) is 5.16. The molecule has 1 aliphatic heterocycles. The molecule has 0 amide bonds. The highest BCUT2D eigenvalue weighted by Gasteiger charge is 2.30. The van der Waals surface area contributed by atoms with Gasteiger partial charge in [-0.3, -0.25) is 4.90 Å². The van der Waals surface area contributed by atoms with Crippen LogP contribution in [-0.4, -0.2) is 61.1 Å². The van der Waals surface area contributed by atoms with Gasteiger partial charge in [0.25, 0.3) is 5.89 Å². The van der Waals surface area contributed by atoms with Gasteiger partial charge in [-0.2, -0.15) is 9.29 Å². The van der Waals surface area contributed by atoms with Gasteiger partial charge in [0.2, 0.25) is 10.0 Å². The number of hydrogen-bond acceptors (Lipinski definition) is 7. The van der Waals surface area contributed by atoms with Crippen molar-refractivity contribution in [1.29, 1.82) is 0 Å². The molecule has 0 spiro atoms. The van der Waals surface area contributed by atoms with Crippen molar-refractivity contribution in [3.05, 3.63) is 59.9 Å². The molecular weight excluding hydrogens is 428 g/mol. The van der Waals surface area contributed by atoms with Gasteiger partial charge in [-0.05, 0) is 23.8 Å². The summed E-state index contributed by atoms with van der Waals surface area (Å²) in [5, 5.41) is 3.98. The van der Waals surface area contributed by atoms with Crippen LogP contribution in [0.3, 0.4) is 0 Å². The number of nitrogens with zero attached hydrogens (tertiary/aromatic N) is 4. The first kappa shape index (κ1) is 22.4. The molecule has 0 unspecified atom stereocenters. The van der Waals surface area contributed by atoms with Crippen LogP contribution < -0.4 is 4.74 Å². The standard InChI is InChI=1S/C23H28N4O4S/c1-17(2)22-24-23(31-25-22)20-15-19(9-10-21(20)30-3)32(28,29)27-13-11-26(12-14-27)16-18-7-5-4-6-8-18/h4-10,15,17H,11-14,16H2,1-3H3. The maximum Gasteiger partial charge on any atom is 0.261 e. The van der Waals surface area contributed by atoms with E-state index in [9.17, 15) is 8.42 Å². The Morgan fingerprint density at radius 1 is 1.06 bits per heavy atom. The van der Waals surface area contributed by atoms with Crippen LogP contribution in [-0.2, 0) is 16.6 Å². The van der Waals surface area contributed by atoms with Crippen molar-refractivity contribution in [2.45, 2.75) is 31.2 Å². The molecule has 8 nitrogen and oxygen atoms in total. The zero-order valence-corrected chi connectivity index (χ0v) is 19.4. The van der Waals surface area contributed by atoms with Gasteiger partial charge in [0.15, 0.2) is 5.82 Å². The van der Waals surface area contributed by atoms with Crippen molar-refractivity contribution in [2.24, 2.45) is 0 Å². The molecule has 2 heterocycles. The summed E-state index contributed by atoms with van der Waals surface area (Å²) >= 11 is 0. The van der Waals surface area contributed by atoms with E-state index in [1.54, 1.807) is 18.2 Å². The van der Waals surface area contributed by atoms with Crippen molar-refractivity contribution in [1.82, 2.24) is 19.3 Å². The van der Waals surface area contributed by atoms with E-state index in [-0.39, 0.29) is 16.7 Å². The smallest absolute Gasteiger partial charge is 0.261 e. The van der Waals surface area contributed by atoms with Crippen molar-refractivity contribution >= 4 is 10.0 Å². The second-order valence-electron chi connectivity index (χ2n) is 8.14. The first-order valence-corrected chi connectivity index (χ1v) is 12.1. The molecule has 0 N–H and O–H groups in total. The molecule has 1 aromatic heterocycles. The quantitative estimate of drug-likeness (QED) is 0.538. The predicted molar refractivity (Wildman–Crippen MR) is 121 cm³/mol. The fourth-order valence-electron chi connectivity index (χ4n) is 3.71. The molecule has 4 rings (SSSR count). The largest absolute Gasteiger partial charge is 0.496 e. The van der Waals surface area contributed by atoms with Gasteiger partial charge in [0, 0.05) is 38.6 Å². The van der Waals surface area contributed by atoms with Crippen LogP contribution >= 0.6 is 0 Å². The Balaban J connectivity index is 1.52. The van der Waals surface area contributed by atoms with Crippen LogP contribution in [0.25, 0.3) is 11.5 Å². The summed E-state index contributed by atoms with van der Waals surface area (Å²) < 4.78 is 39.0. The lowest BCUT2D eigenvalue weighted by molar-refractivity contribution is 0.181. The maximum absolute atomic E-state index is 13.3. The lowest BCUT2D eigenvalue weighted by Crippen LogP contribution is -2.48. The SMILES string of the molecule is COc1ccc(S(=O)(=O)N2CCN(Cc3ccccc3)CC2)cc1-c1nc(C(C)C)no1. The Morgan fingerprint density at radius 3 is 2.41 bits per heavy atom. The van der Waals surface area contributed by atoms with Crippen LogP contribution in [0.5, 0.6) is 5.75 Å². The Bertz CT molecular complexity index is 1150. The zero-order valence-electron chi connectivity index (χ0n) is 18.6. The minimum Gasteiger partial charge on any atom is -0.496 e. The van der Waals surface area contributed by atoms with Crippen molar-refractivity contribution in [2.75, 3.05) is 33.3 Å². The van der Waals surface area contributed by atoms with Gasteiger partial charge in [-0.25, -0.2) is 8.42 Å². The van der Waals surface area contributed by atoms with E-state index in [4.69, 9.17) is 9.26 Å². The number of benzene rings is 2. The van der Waals surface area contributed by atoms with Crippen LogP contribution in [0, 0.1) is 0 Å². The maximum atomic E-state index is 13.3. The number of piperazine rings is 1. The third kappa shape index (κ3) is 4.69. The van der Waals surface area contributed by atoms with Gasteiger partial charge in [0.05, 0.1) is 17.6 Å². The van der Waals surface area contributed by atoms with Crippen molar-refractivity contribution in [3.63, 3.8) is 0 Å². The van der Waals surface area contributed by atoms with Crippen molar-refractivity contribution in [3.8, 4) is 17.2 Å². The molecule has 0 atom stereocenters. The second kappa shape index (κ2) is 9.40. The molecule has 170 valence electrons. The van der Waals surface area contributed by atoms with E-state index in [1.165, 1.54) is 17.0 Å². The molecular formula is C23H28N4O4S. The summed E-state index contributed by atoms with van der Waals surface area (Å²) in [6, 6.07) is 15.0. The molecule has 0 bridgehead atoms. The Hall–Kier alpha value is -2.75. The zero-order chi connectivity index (χ0) is 22.7. The normalized spacial score (nSPS) is 15.9. The highest BCUT2D eigenvalue weighted by molar-refractivity contribution is 7.89. The van der Waals surface area contributed by atoms with Crippen LogP contribution in [0.1, 0.15) is 31.2 Å². The Kier molecular flexibility index (Phi) is 6.59. The van der Waals surface area contributed by atoms with Crippen LogP contribution in [0.4, 0.5) is 0 Å². The lowest BCUT2D eigenvalue weighted by Gasteiger charge is -2.34. The van der Waals surface area contributed by atoms with Gasteiger partial charge in [-0.1, -0.05) is 49.3 Å². The summed E-state index contributed by atoms with van der Waals surface area (Å²) in [6.45, 7) is 6.98. The molecule has 1 saturated heterocycles. The van der Waals surface area contributed by atoms with E-state index in [2.05, 4.69) is 27.2 Å². The number of sulfonamides is 1. The van der Waals surface area contributed by atoms with Gasteiger partial charge in [-0.15, -0.1) is 0 Å². The molecule has 1 aliphatic rings. The molecule has 32 heavy (non-hydrogen) atoms. The van der Waals surface area contributed by atoms with E-state index in [0.717, 1.165) is 6.54 Å². The summed E-state index contributed by atoms with van der Waals surface area (Å²) in [7, 11) is -2.14. The molecule has 2 aromatic carbocycles. The number of ether oxygens (including phenoxy) is 1. The van der Waals surface area contributed by atoms with Crippen molar-refractivity contribution < 1.29 is 17.7 Å². The highest BCUT2D eigenvalue weighted by atomic mass is 32.2. The highest BCUT2D eigenvalue weighted by Crippen LogP contribution is 2.33. The predicted octanol–water partition coefficient (Wildman–Crippen LogP) is 3.38. The Labute approximate surface area is 188 Å². The third-order valence-corrected chi connectivity index (χ3v) is 7.47. The molecule has 1 fully saturated rings. The number of aromatic nitrogens is 2. The number of methoxy groups -OCH3 is 1. The van der Waals surface area contributed by atoms with E-state index in [1.807, 2.05) is 32.0 Å². The second-order valence-corrected chi connectivity index (χ2v) is 10.1. The summed E-state index contributed by atoms with van der Waals surface area (Å²) in [5.74, 6) is 1.38. The minimum atomic E-state index is -3.66. The van der Waals surface area contributed by atoms with Gasteiger partial charge in [0.1, 0.15) is 5.75 Å². The molecule has 0 saturated carbocycles. The lowest BCUT2D eigenvalue weighted by atomic mass is 10.2.